The van der Waals surface area contributed by atoms with Gasteiger partial charge in [-0.3, -0.25) is 19.1 Å². The van der Waals surface area contributed by atoms with Gasteiger partial charge in [-0.15, -0.1) is 0 Å². The van der Waals surface area contributed by atoms with E-state index in [2.05, 4.69) is 16.0 Å². The van der Waals surface area contributed by atoms with Crippen LogP contribution in [0.2, 0.25) is 0 Å². The molecule has 2 aliphatic carbocycles. The van der Waals surface area contributed by atoms with E-state index in [-0.39, 0.29) is 17.0 Å². The zero-order chi connectivity index (χ0) is 32.2. The second-order valence-electron chi connectivity index (χ2n) is 13.1. The first kappa shape index (κ1) is 30.7. The van der Waals surface area contributed by atoms with Crippen LogP contribution in [0.3, 0.4) is 0 Å². The number of nitrogens with one attached hydrogen (secondary N) is 1. The van der Waals surface area contributed by atoms with E-state index in [0.29, 0.717) is 28.4 Å². The topological polar surface area (TPSA) is 74.2 Å². The third kappa shape index (κ3) is 5.99. The predicted molar refractivity (Wildman–Crippen MR) is 172 cm³/mol. The Hall–Kier alpha value is -3.92. The average molecular weight is 632 g/mol. The number of amides is 1. The van der Waals surface area contributed by atoms with Crippen LogP contribution in [-0.4, -0.2) is 62.3 Å². The number of aromatic amines is 1. The SMILES string of the molecule is CC.O=C(c1cc(F)ccc1-c1cc(C2CC2)nc(-n2cc(C3CC3)c3cc(CN4CCCCC4)[nH]c3c2=O)c1)N1CC(F)(F)C1. The first-order valence-corrected chi connectivity index (χ1v) is 16.7. The third-order valence-electron chi connectivity index (χ3n) is 9.47. The van der Waals surface area contributed by atoms with Crippen molar-refractivity contribution in [2.24, 2.45) is 0 Å². The van der Waals surface area contributed by atoms with E-state index in [1.54, 1.807) is 10.6 Å². The molecule has 1 amide bonds. The summed E-state index contributed by atoms with van der Waals surface area (Å²) in [7, 11) is 0. The van der Waals surface area contributed by atoms with Crippen molar-refractivity contribution in [3.05, 3.63) is 81.3 Å². The lowest BCUT2D eigenvalue weighted by Gasteiger charge is -2.39. The van der Waals surface area contributed by atoms with Crippen LogP contribution in [0, 0.1) is 5.82 Å². The van der Waals surface area contributed by atoms with Gasteiger partial charge in [-0.2, -0.15) is 0 Å². The summed E-state index contributed by atoms with van der Waals surface area (Å²) in [6.45, 7) is 5.52. The number of alkyl halides is 2. The molecule has 4 fully saturated rings. The fraction of sp³-hybridized carbons (Fsp3) is 0.472. The van der Waals surface area contributed by atoms with Gasteiger partial charge in [-0.05, 0) is 105 Å². The van der Waals surface area contributed by atoms with Crippen molar-refractivity contribution in [2.45, 2.75) is 83.1 Å². The van der Waals surface area contributed by atoms with Gasteiger partial charge in [0.05, 0.1) is 18.7 Å². The van der Waals surface area contributed by atoms with Crippen LogP contribution in [0.1, 0.15) is 97.9 Å². The van der Waals surface area contributed by atoms with Crippen molar-refractivity contribution < 1.29 is 18.0 Å². The smallest absolute Gasteiger partial charge is 0.282 e. The van der Waals surface area contributed by atoms with Crippen molar-refractivity contribution in [1.82, 2.24) is 24.3 Å². The number of nitrogens with zero attached hydrogens (tertiary/aromatic N) is 4. The lowest BCUT2D eigenvalue weighted by molar-refractivity contribution is -0.113. The predicted octanol–water partition coefficient (Wildman–Crippen LogP) is 7.38. The van der Waals surface area contributed by atoms with Crippen LogP contribution in [0.4, 0.5) is 13.2 Å². The Balaban J connectivity index is 0.00000166. The molecule has 4 aliphatic rings. The van der Waals surface area contributed by atoms with Crippen LogP contribution >= 0.6 is 0 Å². The summed E-state index contributed by atoms with van der Waals surface area (Å²) < 4.78 is 43.2. The van der Waals surface area contributed by atoms with Gasteiger partial charge in [0, 0.05) is 35.4 Å². The van der Waals surface area contributed by atoms with Crippen molar-refractivity contribution in [3.63, 3.8) is 0 Å². The van der Waals surface area contributed by atoms with E-state index < -0.39 is 30.7 Å². The number of pyridine rings is 2. The summed E-state index contributed by atoms with van der Waals surface area (Å²) in [5.74, 6) is -3.15. The highest BCUT2D eigenvalue weighted by Crippen LogP contribution is 2.44. The van der Waals surface area contributed by atoms with Crippen LogP contribution in [0.25, 0.3) is 27.8 Å². The molecule has 0 unspecified atom stereocenters. The van der Waals surface area contributed by atoms with Crippen molar-refractivity contribution in [2.75, 3.05) is 26.2 Å². The fourth-order valence-corrected chi connectivity index (χ4v) is 6.80. The summed E-state index contributed by atoms with van der Waals surface area (Å²) in [4.78, 5) is 39.2. The third-order valence-corrected chi connectivity index (χ3v) is 9.47. The van der Waals surface area contributed by atoms with E-state index in [1.165, 1.54) is 31.4 Å². The van der Waals surface area contributed by atoms with Gasteiger partial charge >= 0.3 is 0 Å². The van der Waals surface area contributed by atoms with E-state index in [9.17, 15) is 22.8 Å². The number of rotatable bonds is 7. The van der Waals surface area contributed by atoms with Crippen LogP contribution in [0.5, 0.6) is 0 Å². The Morgan fingerprint density at radius 1 is 0.978 bits per heavy atom. The lowest BCUT2D eigenvalue weighted by Crippen LogP contribution is -2.58. The number of hydrogen-bond donors (Lipinski definition) is 1. The lowest BCUT2D eigenvalue weighted by atomic mass is 9.96. The summed E-state index contributed by atoms with van der Waals surface area (Å²) in [5.41, 5.74) is 4.38. The molecule has 5 heterocycles. The Morgan fingerprint density at radius 3 is 2.37 bits per heavy atom. The molecule has 0 radical (unpaired) electrons. The van der Waals surface area contributed by atoms with Crippen LogP contribution in [0.15, 0.2) is 47.4 Å². The van der Waals surface area contributed by atoms with Gasteiger partial charge in [0.25, 0.3) is 17.4 Å². The quantitative estimate of drug-likeness (QED) is 0.231. The summed E-state index contributed by atoms with van der Waals surface area (Å²) in [6, 6.07) is 9.65. The molecule has 0 atom stereocenters. The molecule has 2 saturated heterocycles. The normalized spacial score (nSPS) is 19.5. The first-order valence-electron chi connectivity index (χ1n) is 16.7. The average Bonchev–Trinajstić information content (AvgIpc) is 3.99. The van der Waals surface area contributed by atoms with Crippen LogP contribution < -0.4 is 5.56 Å². The Kier molecular flexibility index (Phi) is 8.03. The standard InChI is InChI=1S/C34H34F3N5O2.C2H6/c35-23-8-9-25(27(14-23)32(43)41-18-34(36,37)19-41)22-12-29(21-6-7-21)39-30(13-22)42-17-28(20-4-5-20)26-15-24(38-31(26)33(42)44)16-40-10-2-1-3-11-40;1-2/h8-9,12-15,17,20-21,38H,1-7,10-11,16,18-19H2;1-2H3. The van der Waals surface area contributed by atoms with Gasteiger partial charge in [-0.25, -0.2) is 18.2 Å². The number of piperidine rings is 1. The highest BCUT2D eigenvalue weighted by atomic mass is 19.3. The molecule has 4 aromatic rings. The highest BCUT2D eigenvalue weighted by Gasteiger charge is 2.46. The minimum Gasteiger partial charge on any atom is -0.353 e. The molecule has 2 saturated carbocycles. The molecule has 2 aliphatic heterocycles. The Bertz CT molecular complexity index is 1840. The zero-order valence-electron chi connectivity index (χ0n) is 26.4. The van der Waals surface area contributed by atoms with Gasteiger partial charge in [-0.1, -0.05) is 26.3 Å². The van der Waals surface area contributed by atoms with Gasteiger partial charge in [0.1, 0.15) is 17.2 Å². The number of hydrogen-bond acceptors (Lipinski definition) is 4. The van der Waals surface area contributed by atoms with Gasteiger partial charge in [0.15, 0.2) is 0 Å². The number of H-pyrrole nitrogens is 1. The number of benzene rings is 1. The fourth-order valence-electron chi connectivity index (χ4n) is 6.80. The number of likely N-dealkylation sites (tertiary alicyclic amines) is 2. The highest BCUT2D eigenvalue weighted by molar-refractivity contribution is 6.01. The molecular weight excluding hydrogens is 591 g/mol. The Morgan fingerprint density at radius 2 is 1.70 bits per heavy atom. The van der Waals surface area contributed by atoms with Gasteiger partial charge in [0.2, 0.25) is 0 Å². The maximum Gasteiger partial charge on any atom is 0.282 e. The van der Waals surface area contributed by atoms with E-state index >= 15 is 0 Å². The molecule has 242 valence electrons. The van der Waals surface area contributed by atoms with Crippen molar-refractivity contribution in [1.29, 1.82) is 0 Å². The molecule has 1 aromatic carbocycles. The molecular formula is C36H40F3N5O2. The molecule has 1 N–H and O–H groups in total. The van der Waals surface area contributed by atoms with Crippen molar-refractivity contribution in [3.8, 4) is 16.9 Å². The number of halogens is 3. The monoisotopic (exact) mass is 631 g/mol. The second-order valence-corrected chi connectivity index (χ2v) is 13.1. The zero-order valence-corrected chi connectivity index (χ0v) is 26.4. The number of carbonyl (C=O) groups is 1. The number of carbonyl (C=O) groups excluding carboxylic acids is 1. The maximum atomic E-state index is 14.4. The second kappa shape index (κ2) is 12.0. The van der Waals surface area contributed by atoms with E-state index in [1.807, 2.05) is 26.1 Å². The minimum absolute atomic E-state index is 0.0209. The molecule has 7 nitrogen and oxygen atoms in total. The Labute approximate surface area is 266 Å². The number of fused-ring (bicyclic) bond motifs is 1. The summed E-state index contributed by atoms with van der Waals surface area (Å²) in [6.07, 6.45) is 9.63. The molecule has 8 rings (SSSR count). The maximum absolute atomic E-state index is 14.4. The largest absolute Gasteiger partial charge is 0.353 e. The van der Waals surface area contributed by atoms with E-state index in [4.69, 9.17) is 4.98 Å². The molecule has 10 heteroatoms. The van der Waals surface area contributed by atoms with Crippen LogP contribution in [-0.2, 0) is 6.54 Å². The number of aromatic nitrogens is 3. The van der Waals surface area contributed by atoms with E-state index in [0.717, 1.165) is 78.6 Å². The molecule has 0 spiro atoms. The first-order chi connectivity index (χ1) is 22.2. The molecule has 46 heavy (non-hydrogen) atoms. The molecule has 3 aromatic heterocycles. The minimum atomic E-state index is -2.93. The molecule has 0 bridgehead atoms. The summed E-state index contributed by atoms with van der Waals surface area (Å²) in [5, 5.41) is 0.970. The summed E-state index contributed by atoms with van der Waals surface area (Å²) >= 11 is 0. The van der Waals surface area contributed by atoms with Crippen molar-refractivity contribution >= 4 is 16.8 Å². The van der Waals surface area contributed by atoms with Gasteiger partial charge < -0.3 is 9.88 Å².